The second-order valence-electron chi connectivity index (χ2n) is 5.04. The summed E-state index contributed by atoms with van der Waals surface area (Å²) in [5.41, 5.74) is 0.677. The molecule has 0 bridgehead atoms. The SMILES string of the molecule is Cc1csc(=O)n1CC(=O)OCC(=O)NCCOc1ccc(Cl)cc1. The topological polar surface area (TPSA) is 86.6 Å². The lowest BCUT2D eigenvalue weighted by Gasteiger charge is -2.09. The van der Waals surface area contributed by atoms with E-state index in [4.69, 9.17) is 21.1 Å². The third-order valence-corrected chi connectivity index (χ3v) is 4.27. The van der Waals surface area contributed by atoms with Crippen molar-refractivity contribution in [2.75, 3.05) is 19.8 Å². The molecule has 0 aliphatic rings. The molecular formula is C16H17ClN2O5S. The maximum atomic E-state index is 11.7. The van der Waals surface area contributed by atoms with Crippen molar-refractivity contribution < 1.29 is 19.1 Å². The zero-order valence-electron chi connectivity index (χ0n) is 13.5. The number of hydrogen-bond acceptors (Lipinski definition) is 6. The number of benzene rings is 1. The van der Waals surface area contributed by atoms with Crippen molar-refractivity contribution >= 4 is 34.8 Å². The Kier molecular flexibility index (Phi) is 7.03. The molecule has 0 radical (unpaired) electrons. The molecule has 0 aliphatic carbocycles. The number of aromatic nitrogens is 1. The molecule has 25 heavy (non-hydrogen) atoms. The first kappa shape index (κ1) is 19.0. The van der Waals surface area contributed by atoms with Crippen molar-refractivity contribution in [2.45, 2.75) is 13.5 Å². The van der Waals surface area contributed by atoms with Crippen LogP contribution in [-0.2, 0) is 20.9 Å². The number of halogens is 1. The fourth-order valence-corrected chi connectivity index (χ4v) is 2.72. The van der Waals surface area contributed by atoms with Gasteiger partial charge in [0.1, 0.15) is 18.9 Å². The summed E-state index contributed by atoms with van der Waals surface area (Å²) >= 11 is 6.77. The number of carbonyl (C=O) groups is 2. The van der Waals surface area contributed by atoms with Crippen molar-refractivity contribution in [1.29, 1.82) is 0 Å². The Morgan fingerprint density at radius 2 is 2.00 bits per heavy atom. The minimum absolute atomic E-state index is 0.207. The van der Waals surface area contributed by atoms with Gasteiger partial charge in [-0.2, -0.15) is 0 Å². The van der Waals surface area contributed by atoms with E-state index in [2.05, 4.69) is 5.32 Å². The summed E-state index contributed by atoms with van der Waals surface area (Å²) in [5, 5.41) is 4.84. The highest BCUT2D eigenvalue weighted by Gasteiger charge is 2.11. The molecule has 1 aromatic carbocycles. The van der Waals surface area contributed by atoms with Gasteiger partial charge in [-0.15, -0.1) is 0 Å². The Morgan fingerprint density at radius 1 is 1.28 bits per heavy atom. The zero-order valence-corrected chi connectivity index (χ0v) is 15.1. The van der Waals surface area contributed by atoms with Crippen LogP contribution in [0.2, 0.25) is 5.02 Å². The highest BCUT2D eigenvalue weighted by Crippen LogP contribution is 2.15. The van der Waals surface area contributed by atoms with E-state index in [0.29, 0.717) is 16.5 Å². The number of hydrogen-bond donors (Lipinski definition) is 1. The van der Waals surface area contributed by atoms with Gasteiger partial charge in [-0.3, -0.25) is 19.0 Å². The van der Waals surface area contributed by atoms with E-state index in [0.717, 1.165) is 11.3 Å². The van der Waals surface area contributed by atoms with Crippen LogP contribution in [0.3, 0.4) is 0 Å². The van der Waals surface area contributed by atoms with Crippen molar-refractivity contribution in [3.05, 3.63) is 50.0 Å². The first-order valence-corrected chi connectivity index (χ1v) is 8.67. The van der Waals surface area contributed by atoms with Crippen LogP contribution in [0.4, 0.5) is 0 Å². The molecule has 1 N–H and O–H groups in total. The number of amides is 1. The second kappa shape index (κ2) is 9.24. The van der Waals surface area contributed by atoms with Gasteiger partial charge in [-0.25, -0.2) is 0 Å². The van der Waals surface area contributed by atoms with Crippen LogP contribution in [0.5, 0.6) is 5.75 Å². The third kappa shape index (κ3) is 6.24. The number of rotatable bonds is 8. The number of aryl methyl sites for hydroxylation is 1. The lowest BCUT2D eigenvalue weighted by Crippen LogP contribution is -2.33. The molecule has 9 heteroatoms. The van der Waals surface area contributed by atoms with Crippen LogP contribution in [0.15, 0.2) is 34.4 Å². The molecule has 1 amide bonds. The van der Waals surface area contributed by atoms with Crippen LogP contribution in [0.1, 0.15) is 5.69 Å². The number of nitrogens with one attached hydrogen (secondary N) is 1. The van der Waals surface area contributed by atoms with Crippen molar-refractivity contribution in [1.82, 2.24) is 9.88 Å². The maximum Gasteiger partial charge on any atom is 0.326 e. The molecule has 2 aromatic rings. The molecule has 7 nitrogen and oxygen atoms in total. The molecule has 0 atom stereocenters. The van der Waals surface area contributed by atoms with Crippen LogP contribution in [-0.4, -0.2) is 36.2 Å². The number of nitrogens with zero attached hydrogens (tertiary/aromatic N) is 1. The van der Waals surface area contributed by atoms with Crippen LogP contribution < -0.4 is 14.9 Å². The van der Waals surface area contributed by atoms with Gasteiger partial charge in [0, 0.05) is 16.1 Å². The molecular weight excluding hydrogens is 368 g/mol. The molecule has 0 fully saturated rings. The summed E-state index contributed by atoms with van der Waals surface area (Å²) in [5.74, 6) is -0.444. The van der Waals surface area contributed by atoms with Crippen molar-refractivity contribution in [3.63, 3.8) is 0 Å². The monoisotopic (exact) mass is 384 g/mol. The first-order chi connectivity index (χ1) is 12.0. The van der Waals surface area contributed by atoms with Gasteiger partial charge in [0.2, 0.25) is 0 Å². The number of esters is 1. The zero-order chi connectivity index (χ0) is 18.2. The maximum absolute atomic E-state index is 11.7. The first-order valence-electron chi connectivity index (χ1n) is 7.41. The van der Waals surface area contributed by atoms with Gasteiger partial charge in [0.15, 0.2) is 6.61 Å². The summed E-state index contributed by atoms with van der Waals surface area (Å²) in [6.07, 6.45) is 0. The highest BCUT2D eigenvalue weighted by atomic mass is 35.5. The lowest BCUT2D eigenvalue weighted by molar-refractivity contribution is -0.149. The van der Waals surface area contributed by atoms with Gasteiger partial charge < -0.3 is 14.8 Å². The Hall–Kier alpha value is -2.32. The van der Waals surface area contributed by atoms with Crippen LogP contribution in [0.25, 0.3) is 0 Å². The molecule has 0 unspecified atom stereocenters. The minimum Gasteiger partial charge on any atom is -0.492 e. The fraction of sp³-hybridized carbons (Fsp3) is 0.312. The van der Waals surface area contributed by atoms with E-state index in [9.17, 15) is 14.4 Å². The molecule has 0 aliphatic heterocycles. The second-order valence-corrected chi connectivity index (χ2v) is 6.30. The Balaban J connectivity index is 1.62. The van der Waals surface area contributed by atoms with Crippen LogP contribution in [0, 0.1) is 6.92 Å². The average Bonchev–Trinajstić information content (AvgIpc) is 2.90. The molecule has 0 spiro atoms. The van der Waals surface area contributed by atoms with E-state index in [-0.39, 0.29) is 24.6 Å². The predicted molar refractivity (Wildman–Crippen MR) is 94.2 cm³/mol. The third-order valence-electron chi connectivity index (χ3n) is 3.13. The normalized spacial score (nSPS) is 10.3. The van der Waals surface area contributed by atoms with Gasteiger partial charge in [0.25, 0.3) is 5.91 Å². The van der Waals surface area contributed by atoms with E-state index in [1.807, 2.05) is 0 Å². The van der Waals surface area contributed by atoms with E-state index in [1.54, 1.807) is 36.6 Å². The van der Waals surface area contributed by atoms with Gasteiger partial charge in [-0.1, -0.05) is 22.9 Å². The number of ether oxygens (including phenoxy) is 2. The standard InChI is InChI=1S/C16H17ClN2O5S/c1-11-10-25-16(22)19(11)8-15(21)24-9-14(20)18-6-7-23-13-4-2-12(17)3-5-13/h2-5,10H,6-9H2,1H3,(H,18,20). The number of carbonyl (C=O) groups excluding carboxylic acids is 2. The molecule has 1 aromatic heterocycles. The van der Waals surface area contributed by atoms with Gasteiger partial charge in [-0.05, 0) is 31.2 Å². The highest BCUT2D eigenvalue weighted by molar-refractivity contribution is 7.07. The lowest BCUT2D eigenvalue weighted by atomic mass is 10.3. The van der Waals surface area contributed by atoms with E-state index < -0.39 is 18.5 Å². The quantitative estimate of drug-likeness (QED) is 0.552. The Morgan fingerprint density at radius 3 is 2.64 bits per heavy atom. The average molecular weight is 385 g/mol. The summed E-state index contributed by atoms with van der Waals surface area (Å²) < 4.78 is 11.6. The molecule has 0 saturated carbocycles. The van der Waals surface area contributed by atoms with Gasteiger partial charge >= 0.3 is 10.8 Å². The van der Waals surface area contributed by atoms with Gasteiger partial charge in [0.05, 0.1) is 6.54 Å². The predicted octanol–water partition coefficient (Wildman–Crippen LogP) is 1.61. The van der Waals surface area contributed by atoms with Crippen molar-refractivity contribution in [2.24, 2.45) is 0 Å². The molecule has 134 valence electrons. The summed E-state index contributed by atoms with van der Waals surface area (Å²) in [6, 6.07) is 6.85. The molecule has 1 heterocycles. The Labute approximate surface area is 153 Å². The van der Waals surface area contributed by atoms with Crippen molar-refractivity contribution in [3.8, 4) is 5.75 Å². The Bertz CT molecular complexity index is 785. The summed E-state index contributed by atoms with van der Waals surface area (Å²) in [6.45, 7) is 1.64. The fourth-order valence-electron chi connectivity index (χ4n) is 1.86. The number of thiazole rings is 1. The summed E-state index contributed by atoms with van der Waals surface area (Å²) in [4.78, 5) is 34.5. The van der Waals surface area contributed by atoms with E-state index >= 15 is 0 Å². The van der Waals surface area contributed by atoms with Crippen LogP contribution >= 0.6 is 22.9 Å². The molecule has 2 rings (SSSR count). The molecule has 0 saturated heterocycles. The largest absolute Gasteiger partial charge is 0.492 e. The minimum atomic E-state index is -0.642. The summed E-state index contributed by atoms with van der Waals surface area (Å²) in [7, 11) is 0. The van der Waals surface area contributed by atoms with E-state index in [1.165, 1.54) is 4.57 Å². The smallest absolute Gasteiger partial charge is 0.326 e.